The molecule has 9 heteroatoms. The van der Waals surface area contributed by atoms with Crippen LogP contribution in [0.1, 0.15) is 5.56 Å². The van der Waals surface area contributed by atoms with E-state index in [0.717, 1.165) is 22.2 Å². The van der Waals surface area contributed by atoms with Crippen LogP contribution in [0.15, 0.2) is 48.9 Å². The lowest BCUT2D eigenvalue weighted by molar-refractivity contribution is 0.355. The summed E-state index contributed by atoms with van der Waals surface area (Å²) in [6.45, 7) is 2.00. The maximum atomic E-state index is 6.19. The fourth-order valence-electron chi connectivity index (χ4n) is 3.41. The van der Waals surface area contributed by atoms with Crippen molar-refractivity contribution in [2.45, 2.75) is 6.92 Å². The standard InChI is InChI=1S/C21H17ClN6O2/c1-12-4-6-14(22)9-16(12)28-20-15(10-24-28)21-25-19(26-27(21)11-23-20)13-5-7-17(29-2)18(8-13)30-3/h4-11H,1-3H3. The quantitative estimate of drug-likeness (QED) is 0.435. The van der Waals surface area contributed by atoms with Gasteiger partial charge in [-0.05, 0) is 42.8 Å². The minimum atomic E-state index is 0.553. The summed E-state index contributed by atoms with van der Waals surface area (Å²) in [7, 11) is 3.20. The molecule has 0 aliphatic heterocycles. The molecule has 8 nitrogen and oxygen atoms in total. The smallest absolute Gasteiger partial charge is 0.182 e. The molecule has 0 aliphatic carbocycles. The highest BCUT2D eigenvalue weighted by molar-refractivity contribution is 6.30. The van der Waals surface area contributed by atoms with Gasteiger partial charge in [0.15, 0.2) is 28.6 Å². The average molecular weight is 421 g/mol. The fraction of sp³-hybridized carbons (Fsp3) is 0.143. The van der Waals surface area contributed by atoms with E-state index < -0.39 is 0 Å². The van der Waals surface area contributed by atoms with E-state index in [1.165, 1.54) is 0 Å². The molecule has 3 heterocycles. The number of benzene rings is 2. The largest absolute Gasteiger partial charge is 0.493 e. The molecule has 0 aliphatic rings. The normalized spacial score (nSPS) is 11.3. The summed E-state index contributed by atoms with van der Waals surface area (Å²) in [5.41, 5.74) is 4.06. The molecule has 30 heavy (non-hydrogen) atoms. The Morgan fingerprint density at radius 2 is 1.80 bits per heavy atom. The SMILES string of the molecule is COc1ccc(-c2nc3c4cnn(-c5cc(Cl)ccc5C)c4ncn3n2)cc1OC. The lowest BCUT2D eigenvalue weighted by atomic mass is 10.2. The molecule has 0 N–H and O–H groups in total. The first-order valence-electron chi connectivity index (χ1n) is 9.17. The Morgan fingerprint density at radius 1 is 0.967 bits per heavy atom. The van der Waals surface area contributed by atoms with Gasteiger partial charge in [0.1, 0.15) is 6.33 Å². The zero-order chi connectivity index (χ0) is 20.8. The number of nitrogens with zero attached hydrogens (tertiary/aromatic N) is 6. The van der Waals surface area contributed by atoms with E-state index in [2.05, 4.69) is 15.2 Å². The van der Waals surface area contributed by atoms with Crippen molar-refractivity contribution in [1.82, 2.24) is 29.4 Å². The minimum Gasteiger partial charge on any atom is -0.493 e. The third kappa shape index (κ3) is 2.84. The zero-order valence-electron chi connectivity index (χ0n) is 16.5. The number of methoxy groups -OCH3 is 2. The number of halogens is 1. The van der Waals surface area contributed by atoms with E-state index in [1.54, 1.807) is 35.9 Å². The number of rotatable bonds is 4. The summed E-state index contributed by atoms with van der Waals surface area (Å²) >= 11 is 6.19. The third-order valence-electron chi connectivity index (χ3n) is 4.95. The molecule has 0 fully saturated rings. The summed E-state index contributed by atoms with van der Waals surface area (Å²) in [5, 5.41) is 10.5. The van der Waals surface area contributed by atoms with E-state index >= 15 is 0 Å². The van der Waals surface area contributed by atoms with E-state index in [-0.39, 0.29) is 0 Å². The Labute approximate surface area is 176 Å². The van der Waals surface area contributed by atoms with Crippen molar-refractivity contribution in [3.05, 3.63) is 59.5 Å². The predicted octanol–water partition coefficient (Wildman–Crippen LogP) is 4.11. The highest BCUT2D eigenvalue weighted by Crippen LogP contribution is 2.32. The molecule has 0 amide bonds. The van der Waals surface area contributed by atoms with Crippen molar-refractivity contribution >= 4 is 28.3 Å². The van der Waals surface area contributed by atoms with Crippen LogP contribution in [0.3, 0.4) is 0 Å². The Bertz CT molecular complexity index is 1410. The second kappa shape index (κ2) is 7.00. The van der Waals surface area contributed by atoms with Crippen LogP contribution < -0.4 is 9.47 Å². The van der Waals surface area contributed by atoms with E-state index in [9.17, 15) is 0 Å². The van der Waals surface area contributed by atoms with Crippen molar-refractivity contribution in [3.63, 3.8) is 0 Å². The number of hydrogen-bond acceptors (Lipinski definition) is 6. The molecule has 2 aromatic carbocycles. The molecule has 150 valence electrons. The highest BCUT2D eigenvalue weighted by Gasteiger charge is 2.16. The Hall–Kier alpha value is -3.65. The van der Waals surface area contributed by atoms with Gasteiger partial charge in [-0.1, -0.05) is 17.7 Å². The van der Waals surface area contributed by atoms with Crippen LogP contribution in [0.25, 0.3) is 33.8 Å². The van der Waals surface area contributed by atoms with Gasteiger partial charge in [0.25, 0.3) is 0 Å². The summed E-state index contributed by atoms with van der Waals surface area (Å²) in [5.74, 6) is 1.81. The van der Waals surface area contributed by atoms with Gasteiger partial charge in [0, 0.05) is 10.6 Å². The molecule has 3 aromatic heterocycles. The second-order valence-electron chi connectivity index (χ2n) is 6.74. The van der Waals surface area contributed by atoms with Gasteiger partial charge in [-0.15, -0.1) is 5.10 Å². The van der Waals surface area contributed by atoms with Crippen LogP contribution in [-0.4, -0.2) is 43.6 Å². The summed E-state index contributed by atoms with van der Waals surface area (Å²) in [4.78, 5) is 9.28. The van der Waals surface area contributed by atoms with Crippen LogP contribution in [0.4, 0.5) is 0 Å². The Morgan fingerprint density at radius 3 is 2.60 bits per heavy atom. The molecule has 0 bridgehead atoms. The topological polar surface area (TPSA) is 79.4 Å². The third-order valence-corrected chi connectivity index (χ3v) is 5.18. The number of aryl methyl sites for hydroxylation is 1. The van der Waals surface area contributed by atoms with Crippen LogP contribution in [-0.2, 0) is 0 Å². The van der Waals surface area contributed by atoms with Crippen LogP contribution in [0.2, 0.25) is 5.02 Å². The lowest BCUT2D eigenvalue weighted by Crippen LogP contribution is -2.01. The van der Waals surface area contributed by atoms with Crippen molar-refractivity contribution < 1.29 is 9.47 Å². The summed E-state index contributed by atoms with van der Waals surface area (Å²) in [6.07, 6.45) is 3.37. The number of ether oxygens (including phenoxy) is 2. The second-order valence-corrected chi connectivity index (χ2v) is 7.18. The van der Waals surface area contributed by atoms with Gasteiger partial charge in [0.05, 0.1) is 31.5 Å². The van der Waals surface area contributed by atoms with E-state index in [0.29, 0.717) is 33.6 Å². The highest BCUT2D eigenvalue weighted by atomic mass is 35.5. The minimum absolute atomic E-state index is 0.553. The first-order valence-corrected chi connectivity index (χ1v) is 9.55. The van der Waals surface area contributed by atoms with Gasteiger partial charge < -0.3 is 9.47 Å². The Balaban J connectivity index is 1.67. The van der Waals surface area contributed by atoms with Crippen LogP contribution >= 0.6 is 11.6 Å². The maximum Gasteiger partial charge on any atom is 0.182 e. The maximum absolute atomic E-state index is 6.19. The van der Waals surface area contributed by atoms with Gasteiger partial charge in [-0.25, -0.2) is 19.2 Å². The fourth-order valence-corrected chi connectivity index (χ4v) is 3.57. The number of hydrogen-bond donors (Lipinski definition) is 0. The van der Waals surface area contributed by atoms with Gasteiger partial charge in [-0.2, -0.15) is 5.10 Å². The van der Waals surface area contributed by atoms with Crippen molar-refractivity contribution in [3.8, 4) is 28.6 Å². The monoisotopic (exact) mass is 420 g/mol. The van der Waals surface area contributed by atoms with Gasteiger partial charge in [0.2, 0.25) is 0 Å². The van der Waals surface area contributed by atoms with E-state index in [1.807, 2.05) is 43.3 Å². The summed E-state index contributed by atoms with van der Waals surface area (Å²) in [6, 6.07) is 11.2. The molecule has 0 radical (unpaired) electrons. The van der Waals surface area contributed by atoms with Gasteiger partial charge in [-0.3, -0.25) is 0 Å². The molecule has 5 rings (SSSR count). The lowest BCUT2D eigenvalue weighted by Gasteiger charge is -2.07. The molecule has 0 atom stereocenters. The molecule has 5 aromatic rings. The van der Waals surface area contributed by atoms with Gasteiger partial charge >= 0.3 is 0 Å². The van der Waals surface area contributed by atoms with Crippen molar-refractivity contribution in [1.29, 1.82) is 0 Å². The van der Waals surface area contributed by atoms with Crippen LogP contribution in [0.5, 0.6) is 11.5 Å². The summed E-state index contributed by atoms with van der Waals surface area (Å²) < 4.78 is 14.1. The van der Waals surface area contributed by atoms with Crippen molar-refractivity contribution in [2.75, 3.05) is 14.2 Å². The predicted molar refractivity (Wildman–Crippen MR) is 114 cm³/mol. The molecule has 0 spiro atoms. The average Bonchev–Trinajstić information content (AvgIpc) is 3.38. The Kier molecular flexibility index (Phi) is 4.29. The molecular formula is C21H17ClN6O2. The molecule has 0 saturated carbocycles. The number of aromatic nitrogens is 6. The molecule has 0 saturated heterocycles. The molecule has 0 unspecified atom stereocenters. The van der Waals surface area contributed by atoms with Crippen molar-refractivity contribution in [2.24, 2.45) is 0 Å². The van der Waals surface area contributed by atoms with E-state index in [4.69, 9.17) is 26.1 Å². The first-order chi connectivity index (χ1) is 14.6. The number of fused-ring (bicyclic) bond motifs is 3. The molecular weight excluding hydrogens is 404 g/mol. The van der Waals surface area contributed by atoms with Crippen LogP contribution in [0, 0.1) is 6.92 Å². The zero-order valence-corrected chi connectivity index (χ0v) is 17.3. The first kappa shape index (κ1) is 18.4.